The molecule has 0 aliphatic rings. The van der Waals surface area contributed by atoms with Crippen molar-refractivity contribution < 1.29 is 0 Å². The summed E-state index contributed by atoms with van der Waals surface area (Å²) < 4.78 is 0. The molecular formula is C19H17N3S. The zero-order valence-electron chi connectivity index (χ0n) is 12.9. The van der Waals surface area contributed by atoms with Gasteiger partial charge in [0, 0.05) is 35.0 Å². The molecule has 1 aromatic carbocycles. The molecule has 3 rings (SSSR count). The van der Waals surface area contributed by atoms with Gasteiger partial charge < -0.3 is 5.41 Å². The van der Waals surface area contributed by atoms with E-state index in [1.165, 1.54) is 11.8 Å². The van der Waals surface area contributed by atoms with Crippen molar-refractivity contribution in [3.05, 3.63) is 77.0 Å². The molecule has 23 heavy (non-hydrogen) atoms. The van der Waals surface area contributed by atoms with Crippen LogP contribution in [0.4, 0.5) is 0 Å². The Morgan fingerprint density at radius 2 is 1.96 bits per heavy atom. The first kappa shape index (κ1) is 15.4. The lowest BCUT2D eigenvalue weighted by Gasteiger charge is -2.04. The third-order valence-electron chi connectivity index (χ3n) is 3.47. The maximum absolute atomic E-state index is 7.68. The van der Waals surface area contributed by atoms with E-state index in [1.54, 1.807) is 18.0 Å². The second-order valence-corrected chi connectivity index (χ2v) is 6.09. The largest absolute Gasteiger partial charge is 0.308 e. The van der Waals surface area contributed by atoms with Gasteiger partial charge in [-0.15, -0.1) is 11.8 Å². The monoisotopic (exact) mass is 319 g/mol. The maximum atomic E-state index is 7.68. The van der Waals surface area contributed by atoms with Gasteiger partial charge in [-0.2, -0.15) is 0 Å². The molecule has 2 heterocycles. The summed E-state index contributed by atoms with van der Waals surface area (Å²) in [5, 5.41) is 9.69. The highest BCUT2D eigenvalue weighted by atomic mass is 32.2. The van der Waals surface area contributed by atoms with Crippen molar-refractivity contribution >= 4 is 34.6 Å². The number of hydrogen-bond donors (Lipinski definition) is 1. The van der Waals surface area contributed by atoms with Crippen molar-refractivity contribution in [1.82, 2.24) is 9.97 Å². The number of nitrogens with zero attached hydrogens (tertiary/aromatic N) is 2. The third-order valence-corrected chi connectivity index (χ3v) is 4.39. The van der Waals surface area contributed by atoms with Gasteiger partial charge in [0.2, 0.25) is 0 Å². The van der Waals surface area contributed by atoms with Gasteiger partial charge >= 0.3 is 0 Å². The number of nitrogens with one attached hydrogen (secondary N) is 1. The highest BCUT2D eigenvalue weighted by Gasteiger charge is 2.03. The Bertz CT molecular complexity index is 857. The number of aromatic nitrogens is 2. The quantitative estimate of drug-likeness (QED) is 0.683. The summed E-state index contributed by atoms with van der Waals surface area (Å²) in [5.41, 5.74) is 5.75. The van der Waals surface area contributed by atoms with E-state index < -0.39 is 0 Å². The van der Waals surface area contributed by atoms with E-state index in [9.17, 15) is 0 Å². The number of benzene rings is 1. The molecule has 0 fully saturated rings. The second-order valence-electron chi connectivity index (χ2n) is 5.23. The Morgan fingerprint density at radius 1 is 1.13 bits per heavy atom. The van der Waals surface area contributed by atoms with Crippen LogP contribution in [-0.2, 0) is 5.75 Å². The Labute approximate surface area is 140 Å². The van der Waals surface area contributed by atoms with Gasteiger partial charge in [-0.05, 0) is 36.1 Å². The standard InChI is InChI=1S/C19H17N3S/c1-14-7-8-18-19(22-14)9-16(11-21-18)17(10-20)13-23-12-15-5-3-2-4-6-15/h2-11,13,20H,12H2,1H3/b17-13+,20-10?. The van der Waals surface area contributed by atoms with Crippen LogP contribution < -0.4 is 0 Å². The number of thioether (sulfide) groups is 1. The molecule has 0 bridgehead atoms. The minimum absolute atomic E-state index is 0.851. The molecule has 0 amide bonds. The van der Waals surface area contributed by atoms with Gasteiger partial charge in [-0.25, -0.2) is 0 Å². The maximum Gasteiger partial charge on any atom is 0.0896 e. The van der Waals surface area contributed by atoms with Gasteiger partial charge in [0.15, 0.2) is 0 Å². The smallest absolute Gasteiger partial charge is 0.0896 e. The van der Waals surface area contributed by atoms with Crippen LogP contribution in [0.5, 0.6) is 0 Å². The third kappa shape index (κ3) is 3.85. The number of aryl methyl sites for hydroxylation is 1. The van der Waals surface area contributed by atoms with E-state index in [1.807, 2.05) is 48.7 Å². The van der Waals surface area contributed by atoms with Gasteiger partial charge in [0.05, 0.1) is 11.0 Å². The van der Waals surface area contributed by atoms with Crippen LogP contribution in [0.25, 0.3) is 16.6 Å². The van der Waals surface area contributed by atoms with Crippen molar-refractivity contribution in [1.29, 1.82) is 5.41 Å². The molecule has 0 spiro atoms. The molecule has 0 aliphatic carbocycles. The molecule has 0 saturated carbocycles. The van der Waals surface area contributed by atoms with Crippen LogP contribution in [0.1, 0.15) is 16.8 Å². The normalized spacial score (nSPS) is 11.6. The minimum atomic E-state index is 0.851. The molecule has 0 atom stereocenters. The molecule has 2 aromatic heterocycles. The zero-order valence-corrected chi connectivity index (χ0v) is 13.7. The first-order chi connectivity index (χ1) is 11.3. The topological polar surface area (TPSA) is 49.6 Å². The van der Waals surface area contributed by atoms with Gasteiger partial charge in [0.25, 0.3) is 0 Å². The lowest BCUT2D eigenvalue weighted by molar-refractivity contribution is 1.23. The molecule has 114 valence electrons. The number of pyridine rings is 2. The first-order valence-corrected chi connectivity index (χ1v) is 8.41. The number of allylic oxidation sites excluding steroid dienone is 1. The second kappa shape index (κ2) is 7.20. The summed E-state index contributed by atoms with van der Waals surface area (Å²) in [6.45, 7) is 1.97. The molecule has 0 aliphatic heterocycles. The molecule has 3 nitrogen and oxygen atoms in total. The average Bonchev–Trinajstić information content (AvgIpc) is 2.59. The van der Waals surface area contributed by atoms with Crippen molar-refractivity contribution in [2.75, 3.05) is 0 Å². The predicted molar refractivity (Wildman–Crippen MR) is 98.8 cm³/mol. The highest BCUT2D eigenvalue weighted by molar-refractivity contribution is 8.01. The van der Waals surface area contributed by atoms with Crippen LogP contribution in [0.3, 0.4) is 0 Å². The fraction of sp³-hybridized carbons (Fsp3) is 0.105. The molecule has 3 aromatic rings. The van der Waals surface area contributed by atoms with E-state index in [0.29, 0.717) is 0 Å². The summed E-state index contributed by atoms with van der Waals surface area (Å²) >= 11 is 1.68. The Kier molecular flexibility index (Phi) is 4.83. The van der Waals surface area contributed by atoms with E-state index in [4.69, 9.17) is 5.41 Å². The van der Waals surface area contributed by atoms with E-state index >= 15 is 0 Å². The lowest BCUT2D eigenvalue weighted by Crippen LogP contribution is -1.91. The predicted octanol–water partition coefficient (Wildman–Crippen LogP) is 4.86. The Morgan fingerprint density at radius 3 is 2.74 bits per heavy atom. The minimum Gasteiger partial charge on any atom is -0.308 e. The van der Waals surface area contributed by atoms with Gasteiger partial charge in [-0.1, -0.05) is 30.3 Å². The summed E-state index contributed by atoms with van der Waals surface area (Å²) in [7, 11) is 0. The lowest BCUT2D eigenvalue weighted by atomic mass is 10.1. The van der Waals surface area contributed by atoms with E-state index in [2.05, 4.69) is 22.1 Å². The Hall–Kier alpha value is -2.46. The van der Waals surface area contributed by atoms with Crippen molar-refractivity contribution in [2.45, 2.75) is 12.7 Å². The number of fused-ring (bicyclic) bond motifs is 1. The SMILES string of the molecule is Cc1ccc2ncc(/C(C=N)=C/SCc3ccccc3)cc2n1. The fourth-order valence-corrected chi connectivity index (χ4v) is 3.11. The van der Waals surface area contributed by atoms with Crippen molar-refractivity contribution in [3.63, 3.8) is 0 Å². The zero-order chi connectivity index (χ0) is 16.1. The van der Waals surface area contributed by atoms with Crippen LogP contribution in [-0.4, -0.2) is 16.2 Å². The van der Waals surface area contributed by atoms with Crippen LogP contribution in [0.2, 0.25) is 0 Å². The van der Waals surface area contributed by atoms with Gasteiger partial charge in [-0.3, -0.25) is 9.97 Å². The molecule has 4 heteroatoms. The summed E-state index contributed by atoms with van der Waals surface area (Å²) in [4.78, 5) is 8.95. The van der Waals surface area contributed by atoms with Crippen LogP contribution in [0, 0.1) is 12.3 Å². The molecular weight excluding hydrogens is 302 g/mol. The van der Waals surface area contributed by atoms with Crippen LogP contribution >= 0.6 is 11.8 Å². The molecule has 1 N–H and O–H groups in total. The van der Waals surface area contributed by atoms with Gasteiger partial charge in [0.1, 0.15) is 0 Å². The summed E-state index contributed by atoms with van der Waals surface area (Å²) in [5.74, 6) is 0.885. The van der Waals surface area contributed by atoms with E-state index in [-0.39, 0.29) is 0 Å². The summed E-state index contributed by atoms with van der Waals surface area (Å²) in [6.07, 6.45) is 3.18. The highest BCUT2D eigenvalue weighted by Crippen LogP contribution is 2.22. The summed E-state index contributed by atoms with van der Waals surface area (Å²) in [6, 6.07) is 16.2. The molecule has 0 saturated heterocycles. The molecule has 0 unspecified atom stereocenters. The number of rotatable bonds is 5. The van der Waals surface area contributed by atoms with Crippen molar-refractivity contribution in [2.24, 2.45) is 0 Å². The first-order valence-electron chi connectivity index (χ1n) is 7.36. The molecule has 0 radical (unpaired) electrons. The van der Waals surface area contributed by atoms with E-state index in [0.717, 1.165) is 33.6 Å². The Balaban J connectivity index is 1.82. The van der Waals surface area contributed by atoms with Crippen LogP contribution in [0.15, 0.2) is 60.1 Å². The number of hydrogen-bond acceptors (Lipinski definition) is 4. The average molecular weight is 319 g/mol. The van der Waals surface area contributed by atoms with Crippen molar-refractivity contribution in [3.8, 4) is 0 Å². The fourth-order valence-electron chi connectivity index (χ4n) is 2.25.